The maximum Gasteiger partial charge on any atom is 0.186 e. The molecule has 0 unspecified atom stereocenters. The van der Waals surface area contributed by atoms with Crippen LogP contribution in [0, 0.1) is 35.0 Å². The molecule has 1 saturated heterocycles. The molecule has 0 aromatic carbocycles. The summed E-state index contributed by atoms with van der Waals surface area (Å²) in [5.74, 6) is 1.66. The van der Waals surface area contributed by atoms with Crippen molar-refractivity contribution in [1.29, 1.82) is 0 Å². The number of ether oxygens (including phenoxy) is 2. The monoisotopic (exact) mass is 416 g/mol. The van der Waals surface area contributed by atoms with Crippen molar-refractivity contribution in [3.63, 3.8) is 0 Å². The van der Waals surface area contributed by atoms with E-state index >= 15 is 0 Å². The van der Waals surface area contributed by atoms with Gasteiger partial charge >= 0.3 is 0 Å². The number of rotatable bonds is 5. The van der Waals surface area contributed by atoms with E-state index in [4.69, 9.17) is 9.47 Å². The van der Waals surface area contributed by atoms with E-state index in [0.717, 1.165) is 19.3 Å². The Labute approximate surface area is 171 Å². The Balaban J connectivity index is 1.47. The quantitative estimate of drug-likeness (QED) is 0.344. The molecule has 1 aliphatic heterocycles. The fourth-order valence-corrected chi connectivity index (χ4v) is 6.80. The maximum absolute atomic E-state index is 11.6. The molecular weight excluding hydrogens is 380 g/mol. The summed E-state index contributed by atoms with van der Waals surface area (Å²) in [6, 6.07) is 0. The maximum atomic E-state index is 11.6. The average Bonchev–Trinajstić information content (AvgIpc) is 3.15. The lowest BCUT2D eigenvalue weighted by Crippen LogP contribution is -2.60. The van der Waals surface area contributed by atoms with Crippen LogP contribution in [-0.2, 0) is 9.47 Å². The van der Waals surface area contributed by atoms with Gasteiger partial charge in [0.05, 0.1) is 18.8 Å². The van der Waals surface area contributed by atoms with Crippen LogP contribution in [0.5, 0.6) is 0 Å². The predicted molar refractivity (Wildman–Crippen MR) is 101 cm³/mol. The second kappa shape index (κ2) is 7.67. The second-order valence-corrected chi connectivity index (χ2v) is 10.2. The van der Waals surface area contributed by atoms with Crippen molar-refractivity contribution in [3.8, 4) is 0 Å². The van der Waals surface area contributed by atoms with Gasteiger partial charge in [0.1, 0.15) is 24.4 Å². The fourth-order valence-electron chi connectivity index (χ4n) is 6.80. The van der Waals surface area contributed by atoms with Gasteiger partial charge in [0.2, 0.25) is 0 Å². The lowest BCUT2D eigenvalue weighted by Gasteiger charge is -2.43. The number of hydrogen-bond donors (Lipinski definition) is 6. The van der Waals surface area contributed by atoms with Gasteiger partial charge < -0.3 is 40.1 Å². The largest absolute Gasteiger partial charge is 0.396 e. The van der Waals surface area contributed by atoms with E-state index in [1.54, 1.807) is 0 Å². The Morgan fingerprint density at radius 3 is 2.38 bits per heavy atom. The van der Waals surface area contributed by atoms with E-state index in [2.05, 4.69) is 13.8 Å². The molecule has 0 spiro atoms. The van der Waals surface area contributed by atoms with Gasteiger partial charge in [0.15, 0.2) is 6.29 Å². The van der Waals surface area contributed by atoms with Crippen molar-refractivity contribution in [1.82, 2.24) is 0 Å². The standard InChI is InChI=1S/C21H36O8/c1-10-3-4-11-14(10)15-12(20(15,2)8-23)5-6-21(11,27)9-28-19-18(26)17(25)16(24)13(7-22)29-19/h10-19,22-27H,3-9H2,1-2H3/t10-,11+,12-,13+,14-,15-,16-,17+,18+,19-,20-,21-/m1/s1. The summed E-state index contributed by atoms with van der Waals surface area (Å²) in [7, 11) is 0. The molecule has 4 fully saturated rings. The van der Waals surface area contributed by atoms with Gasteiger partial charge in [-0.05, 0) is 54.3 Å². The first-order valence-corrected chi connectivity index (χ1v) is 10.9. The predicted octanol–water partition coefficient (Wildman–Crippen LogP) is -0.765. The number of hydrogen-bond acceptors (Lipinski definition) is 8. The highest BCUT2D eigenvalue weighted by Crippen LogP contribution is 2.71. The Bertz CT molecular complexity index is 601. The Hall–Kier alpha value is -0.320. The van der Waals surface area contributed by atoms with Crippen molar-refractivity contribution in [2.75, 3.05) is 19.8 Å². The van der Waals surface area contributed by atoms with E-state index in [0.29, 0.717) is 30.1 Å². The van der Waals surface area contributed by atoms with E-state index in [1.807, 2.05) is 0 Å². The third kappa shape index (κ3) is 3.36. The van der Waals surface area contributed by atoms with Gasteiger partial charge in [-0.3, -0.25) is 0 Å². The SMILES string of the molecule is C[C@@H]1CC[C@H]2[C@@H]1[C@H]1[C@@H](CC[C@@]2(O)CO[C@@H]2O[C@@H](CO)[C@@H](O)[C@H](O)[C@@H]2O)[C@@]1(C)CO. The molecule has 6 N–H and O–H groups in total. The van der Waals surface area contributed by atoms with Crippen LogP contribution in [0.2, 0.25) is 0 Å². The molecule has 8 heteroatoms. The highest BCUT2D eigenvalue weighted by molar-refractivity contribution is 5.17. The topological polar surface area (TPSA) is 140 Å². The normalized spacial score (nSPS) is 57.1. The van der Waals surface area contributed by atoms with Crippen molar-refractivity contribution >= 4 is 0 Å². The summed E-state index contributed by atoms with van der Waals surface area (Å²) < 4.78 is 11.2. The van der Waals surface area contributed by atoms with Crippen molar-refractivity contribution in [2.24, 2.45) is 35.0 Å². The van der Waals surface area contributed by atoms with Gasteiger partial charge in [-0.15, -0.1) is 0 Å². The molecule has 0 radical (unpaired) electrons. The Kier molecular flexibility index (Phi) is 5.79. The van der Waals surface area contributed by atoms with Gasteiger partial charge in [0.25, 0.3) is 0 Å². The van der Waals surface area contributed by atoms with Crippen molar-refractivity contribution in [3.05, 3.63) is 0 Å². The lowest BCUT2D eigenvalue weighted by atomic mass is 9.73. The molecule has 3 saturated carbocycles. The van der Waals surface area contributed by atoms with Crippen LogP contribution in [-0.4, -0.2) is 86.8 Å². The number of aliphatic hydroxyl groups excluding tert-OH is 5. The van der Waals surface area contributed by atoms with E-state index in [-0.39, 0.29) is 24.5 Å². The smallest absolute Gasteiger partial charge is 0.186 e. The molecule has 168 valence electrons. The average molecular weight is 417 g/mol. The van der Waals surface area contributed by atoms with Crippen LogP contribution in [0.15, 0.2) is 0 Å². The van der Waals surface area contributed by atoms with Gasteiger partial charge in [-0.1, -0.05) is 20.3 Å². The minimum absolute atomic E-state index is 0.0428. The molecule has 0 amide bonds. The summed E-state index contributed by atoms with van der Waals surface area (Å²) in [4.78, 5) is 0. The molecule has 29 heavy (non-hydrogen) atoms. The zero-order valence-electron chi connectivity index (χ0n) is 17.2. The lowest BCUT2D eigenvalue weighted by molar-refractivity contribution is -0.311. The van der Waals surface area contributed by atoms with Crippen LogP contribution in [0.1, 0.15) is 39.5 Å². The molecule has 8 nitrogen and oxygen atoms in total. The zero-order chi connectivity index (χ0) is 21.1. The molecule has 4 rings (SSSR count). The molecule has 12 atom stereocenters. The number of aliphatic hydroxyl groups is 6. The van der Waals surface area contributed by atoms with E-state index in [1.165, 1.54) is 0 Å². The first-order valence-electron chi connectivity index (χ1n) is 10.9. The van der Waals surface area contributed by atoms with Crippen LogP contribution in [0.4, 0.5) is 0 Å². The third-order valence-corrected chi connectivity index (χ3v) is 8.67. The highest BCUT2D eigenvalue weighted by atomic mass is 16.7. The number of fused-ring (bicyclic) bond motifs is 3. The summed E-state index contributed by atoms with van der Waals surface area (Å²) in [6.45, 7) is 4.00. The molecule has 0 bridgehead atoms. The highest BCUT2D eigenvalue weighted by Gasteiger charge is 2.69. The van der Waals surface area contributed by atoms with Gasteiger partial charge in [-0.25, -0.2) is 0 Å². The minimum atomic E-state index is -1.49. The van der Waals surface area contributed by atoms with Gasteiger partial charge in [0, 0.05) is 6.61 Å². The van der Waals surface area contributed by atoms with Crippen LogP contribution in [0.25, 0.3) is 0 Å². The van der Waals surface area contributed by atoms with E-state index in [9.17, 15) is 30.6 Å². The summed E-state index contributed by atoms with van der Waals surface area (Å²) >= 11 is 0. The fraction of sp³-hybridized carbons (Fsp3) is 1.00. The Morgan fingerprint density at radius 2 is 1.72 bits per heavy atom. The molecule has 4 aliphatic rings. The van der Waals surface area contributed by atoms with E-state index < -0.39 is 42.9 Å². The molecule has 1 heterocycles. The second-order valence-electron chi connectivity index (χ2n) is 10.2. The molecular formula is C21H36O8. The zero-order valence-corrected chi connectivity index (χ0v) is 17.2. The summed E-state index contributed by atoms with van der Waals surface area (Å²) in [5.41, 5.74) is -1.13. The molecule has 3 aliphatic carbocycles. The van der Waals surface area contributed by atoms with Crippen LogP contribution < -0.4 is 0 Å². The third-order valence-electron chi connectivity index (χ3n) is 8.67. The summed E-state index contributed by atoms with van der Waals surface area (Å²) in [6.07, 6.45) is -3.36. The Morgan fingerprint density at radius 1 is 1.00 bits per heavy atom. The van der Waals surface area contributed by atoms with Crippen LogP contribution >= 0.6 is 0 Å². The first kappa shape index (κ1) is 21.9. The molecule has 0 aromatic heterocycles. The summed E-state index contributed by atoms with van der Waals surface area (Å²) in [5, 5.41) is 61.0. The van der Waals surface area contributed by atoms with Crippen LogP contribution in [0.3, 0.4) is 0 Å². The van der Waals surface area contributed by atoms with Crippen molar-refractivity contribution < 1.29 is 40.1 Å². The van der Waals surface area contributed by atoms with Crippen molar-refractivity contribution in [2.45, 2.75) is 75.8 Å². The minimum Gasteiger partial charge on any atom is -0.396 e. The molecule has 0 aromatic rings. The van der Waals surface area contributed by atoms with Gasteiger partial charge in [-0.2, -0.15) is 0 Å². The first-order chi connectivity index (χ1) is 13.7.